The number of nitrogens with zero attached hydrogens (tertiary/aromatic N) is 5. The summed E-state index contributed by atoms with van der Waals surface area (Å²) in [5.74, 6) is -0.401. The van der Waals surface area contributed by atoms with Crippen LogP contribution in [0.3, 0.4) is 0 Å². The maximum Gasteiger partial charge on any atom is 0.333 e. The van der Waals surface area contributed by atoms with Crippen LogP contribution in [0.15, 0.2) is 12.3 Å². The van der Waals surface area contributed by atoms with E-state index < -0.39 is 12.5 Å². The fraction of sp³-hybridized carbons (Fsp3) is 0.500. The van der Waals surface area contributed by atoms with Crippen LogP contribution >= 0.6 is 0 Å². The van der Waals surface area contributed by atoms with Crippen LogP contribution < -0.4 is 0 Å². The lowest BCUT2D eigenvalue weighted by Crippen LogP contribution is -2.27. The molecule has 0 saturated carbocycles. The van der Waals surface area contributed by atoms with Crippen molar-refractivity contribution in [1.82, 2.24) is 24.5 Å². The molecule has 0 saturated heterocycles. The second-order valence-corrected chi connectivity index (χ2v) is 5.08. The monoisotopic (exact) mass is 311 g/mol. The van der Waals surface area contributed by atoms with E-state index in [9.17, 15) is 13.6 Å². The van der Waals surface area contributed by atoms with Crippen LogP contribution in [0.1, 0.15) is 40.9 Å². The second-order valence-electron chi connectivity index (χ2n) is 5.08. The Bertz CT molecular complexity index is 677. The van der Waals surface area contributed by atoms with Gasteiger partial charge < -0.3 is 4.90 Å². The van der Waals surface area contributed by atoms with Gasteiger partial charge in [0.05, 0.1) is 5.69 Å². The Morgan fingerprint density at radius 1 is 1.36 bits per heavy atom. The van der Waals surface area contributed by atoms with E-state index in [0.717, 1.165) is 29.7 Å². The van der Waals surface area contributed by atoms with E-state index in [2.05, 4.69) is 10.2 Å². The van der Waals surface area contributed by atoms with Crippen molar-refractivity contribution >= 4 is 5.91 Å². The summed E-state index contributed by atoms with van der Waals surface area (Å²) in [6.07, 6.45) is 1.09. The molecule has 2 aromatic rings. The van der Waals surface area contributed by atoms with Crippen molar-refractivity contribution < 1.29 is 13.6 Å². The molecule has 0 fully saturated rings. The number of aromatic nitrogens is 4. The topological polar surface area (TPSA) is 56.0 Å². The molecule has 0 aliphatic rings. The first-order valence-corrected chi connectivity index (χ1v) is 6.96. The number of amides is 1. The van der Waals surface area contributed by atoms with Crippen LogP contribution in [0.5, 0.6) is 0 Å². The predicted molar refractivity (Wildman–Crippen MR) is 76.7 cm³/mol. The van der Waals surface area contributed by atoms with Gasteiger partial charge in [-0.05, 0) is 26.8 Å². The molecule has 0 bridgehead atoms. The van der Waals surface area contributed by atoms with Gasteiger partial charge in [0, 0.05) is 37.6 Å². The van der Waals surface area contributed by atoms with Gasteiger partial charge in [0.2, 0.25) is 0 Å². The Morgan fingerprint density at radius 2 is 2.05 bits per heavy atom. The average molecular weight is 311 g/mol. The molecule has 2 aromatic heterocycles. The van der Waals surface area contributed by atoms with E-state index >= 15 is 0 Å². The molecule has 6 nitrogen and oxygen atoms in total. The molecule has 120 valence electrons. The molecule has 0 aliphatic carbocycles. The highest BCUT2D eigenvalue weighted by molar-refractivity contribution is 5.92. The summed E-state index contributed by atoms with van der Waals surface area (Å²) >= 11 is 0. The van der Waals surface area contributed by atoms with Crippen molar-refractivity contribution in [3.8, 4) is 0 Å². The lowest BCUT2D eigenvalue weighted by atomic mass is 10.2. The number of aryl methyl sites for hydroxylation is 2. The first kappa shape index (κ1) is 16.1. The molecular weight excluding hydrogens is 292 g/mol. The van der Waals surface area contributed by atoms with E-state index in [-0.39, 0.29) is 5.69 Å². The lowest BCUT2D eigenvalue weighted by Gasteiger charge is -2.16. The summed E-state index contributed by atoms with van der Waals surface area (Å²) in [5, 5.41) is 7.99. The quantitative estimate of drug-likeness (QED) is 0.852. The Balaban J connectivity index is 2.16. The molecule has 0 aliphatic heterocycles. The van der Waals surface area contributed by atoms with E-state index in [1.165, 1.54) is 11.0 Å². The summed E-state index contributed by atoms with van der Waals surface area (Å²) in [6.45, 7) is 4.19. The number of alkyl halides is 2. The van der Waals surface area contributed by atoms with Gasteiger partial charge in [0.25, 0.3) is 5.91 Å². The highest BCUT2D eigenvalue weighted by Crippen LogP contribution is 2.16. The maximum absolute atomic E-state index is 12.5. The van der Waals surface area contributed by atoms with E-state index in [1.54, 1.807) is 7.05 Å². The van der Waals surface area contributed by atoms with Crippen molar-refractivity contribution in [3.05, 3.63) is 34.9 Å². The summed E-state index contributed by atoms with van der Waals surface area (Å²) in [6, 6.07) is 1.29. The van der Waals surface area contributed by atoms with Gasteiger partial charge in [-0.1, -0.05) is 0 Å². The first-order chi connectivity index (χ1) is 10.3. The number of halogens is 2. The van der Waals surface area contributed by atoms with Gasteiger partial charge in [-0.2, -0.15) is 19.0 Å². The SMILES string of the molecule is CCn1nc(C)c(CN(C)C(=O)c2ccn(C(F)F)n2)c1C. The van der Waals surface area contributed by atoms with Crippen LogP contribution in [0.25, 0.3) is 0 Å². The van der Waals surface area contributed by atoms with E-state index in [4.69, 9.17) is 0 Å². The molecule has 1 amide bonds. The fourth-order valence-electron chi connectivity index (χ4n) is 2.34. The summed E-state index contributed by atoms with van der Waals surface area (Å²) < 4.78 is 27.3. The Labute approximate surface area is 127 Å². The van der Waals surface area contributed by atoms with Crippen molar-refractivity contribution in [3.63, 3.8) is 0 Å². The fourth-order valence-corrected chi connectivity index (χ4v) is 2.34. The molecule has 0 atom stereocenters. The molecule has 0 N–H and O–H groups in total. The zero-order valence-electron chi connectivity index (χ0n) is 13.0. The average Bonchev–Trinajstić information content (AvgIpc) is 3.06. The summed E-state index contributed by atoms with van der Waals surface area (Å²) in [7, 11) is 1.62. The molecule has 0 spiro atoms. The van der Waals surface area contributed by atoms with Gasteiger partial charge in [0.15, 0.2) is 5.69 Å². The molecule has 2 rings (SSSR count). The number of carbonyl (C=O) groups excluding carboxylic acids is 1. The van der Waals surface area contributed by atoms with Crippen LogP contribution in [-0.4, -0.2) is 37.4 Å². The van der Waals surface area contributed by atoms with Crippen LogP contribution in [-0.2, 0) is 13.1 Å². The molecule has 0 aromatic carbocycles. The Hall–Kier alpha value is -2.25. The summed E-state index contributed by atoms with van der Waals surface area (Å²) in [5.41, 5.74) is 2.82. The van der Waals surface area contributed by atoms with Crippen molar-refractivity contribution in [2.24, 2.45) is 0 Å². The predicted octanol–water partition coefficient (Wildman–Crippen LogP) is 2.38. The van der Waals surface area contributed by atoms with Gasteiger partial charge in [-0.15, -0.1) is 0 Å². The van der Waals surface area contributed by atoms with Crippen molar-refractivity contribution in [1.29, 1.82) is 0 Å². The second kappa shape index (κ2) is 6.25. The van der Waals surface area contributed by atoms with E-state index in [0.29, 0.717) is 11.2 Å². The van der Waals surface area contributed by atoms with Gasteiger partial charge >= 0.3 is 6.55 Å². The molecule has 22 heavy (non-hydrogen) atoms. The third kappa shape index (κ3) is 3.00. The minimum atomic E-state index is -2.75. The first-order valence-electron chi connectivity index (χ1n) is 6.96. The largest absolute Gasteiger partial charge is 0.336 e. The van der Waals surface area contributed by atoms with Gasteiger partial charge in [0.1, 0.15) is 0 Å². The standard InChI is InChI=1S/C14H19F2N5O/c1-5-20-10(3)11(9(2)17-20)8-19(4)13(22)12-6-7-21(18-12)14(15)16/h6-7,14H,5,8H2,1-4H3. The highest BCUT2D eigenvalue weighted by Gasteiger charge is 2.20. The van der Waals surface area contributed by atoms with Gasteiger partial charge in [-0.3, -0.25) is 9.48 Å². The third-order valence-electron chi connectivity index (χ3n) is 3.60. The van der Waals surface area contributed by atoms with Crippen LogP contribution in [0, 0.1) is 13.8 Å². The zero-order chi connectivity index (χ0) is 16.4. The minimum Gasteiger partial charge on any atom is -0.336 e. The molecular formula is C14H19F2N5O. The molecule has 2 heterocycles. The minimum absolute atomic E-state index is 0.000916. The smallest absolute Gasteiger partial charge is 0.333 e. The summed E-state index contributed by atoms with van der Waals surface area (Å²) in [4.78, 5) is 13.7. The molecule has 8 heteroatoms. The van der Waals surface area contributed by atoms with E-state index in [1.807, 2.05) is 25.5 Å². The highest BCUT2D eigenvalue weighted by atomic mass is 19.3. The number of hydrogen-bond donors (Lipinski definition) is 0. The Kier molecular flexibility index (Phi) is 4.58. The number of carbonyl (C=O) groups is 1. The third-order valence-corrected chi connectivity index (χ3v) is 3.60. The lowest BCUT2D eigenvalue weighted by molar-refractivity contribution is 0.0553. The maximum atomic E-state index is 12.5. The number of hydrogen-bond acceptors (Lipinski definition) is 3. The normalized spacial score (nSPS) is 11.2. The zero-order valence-corrected chi connectivity index (χ0v) is 13.0. The van der Waals surface area contributed by atoms with Crippen LogP contribution in [0.2, 0.25) is 0 Å². The number of rotatable bonds is 5. The van der Waals surface area contributed by atoms with Gasteiger partial charge in [-0.25, -0.2) is 4.68 Å². The van der Waals surface area contributed by atoms with Crippen molar-refractivity contribution in [2.45, 2.75) is 40.4 Å². The van der Waals surface area contributed by atoms with Crippen LogP contribution in [0.4, 0.5) is 8.78 Å². The van der Waals surface area contributed by atoms with Crippen molar-refractivity contribution in [2.75, 3.05) is 7.05 Å². The molecule has 0 radical (unpaired) electrons. The Morgan fingerprint density at radius 3 is 2.55 bits per heavy atom. The molecule has 0 unspecified atom stereocenters.